The smallest absolute Gasteiger partial charge is 0.266 e. The van der Waals surface area contributed by atoms with Crippen LogP contribution in [0.15, 0.2) is 37.4 Å². The van der Waals surface area contributed by atoms with Crippen molar-refractivity contribution < 1.29 is 8.42 Å². The average molecular weight is 444 g/mol. The van der Waals surface area contributed by atoms with Gasteiger partial charge in [0.05, 0.1) is 6.20 Å². The number of hydrogen-bond acceptors (Lipinski definition) is 5. The maximum absolute atomic E-state index is 12.1. The van der Waals surface area contributed by atoms with Crippen LogP contribution in [0.3, 0.4) is 0 Å². The fourth-order valence-electron chi connectivity index (χ4n) is 1.19. The van der Waals surface area contributed by atoms with E-state index in [4.69, 9.17) is 11.6 Å². The second-order valence-electron chi connectivity index (χ2n) is 3.45. The number of aromatic amines is 1. The summed E-state index contributed by atoms with van der Waals surface area (Å²) in [6.07, 6.45) is 2.37. The van der Waals surface area contributed by atoms with Crippen LogP contribution < -0.4 is 10.3 Å². The van der Waals surface area contributed by atoms with Crippen molar-refractivity contribution >= 4 is 59.3 Å². The zero-order valence-corrected chi connectivity index (χ0v) is 14.1. The van der Waals surface area contributed by atoms with E-state index in [-0.39, 0.29) is 20.3 Å². The summed E-state index contributed by atoms with van der Waals surface area (Å²) in [4.78, 5) is 21.0. The number of rotatable bonds is 3. The predicted molar refractivity (Wildman–Crippen MR) is 80.3 cm³/mol. The lowest BCUT2D eigenvalue weighted by Gasteiger charge is -2.08. The van der Waals surface area contributed by atoms with Gasteiger partial charge in [0.2, 0.25) is 0 Å². The molecule has 0 fully saturated rings. The molecule has 0 aliphatic heterocycles. The summed E-state index contributed by atoms with van der Waals surface area (Å²) in [7, 11) is -3.94. The van der Waals surface area contributed by atoms with Gasteiger partial charge in [0.15, 0.2) is 10.4 Å². The van der Waals surface area contributed by atoms with E-state index in [9.17, 15) is 13.2 Å². The standard InChI is InChI=1S/C9H5Br2ClN4O3S/c10-6-3-13-8(7(11)15-6)16-20(18,19)4-1-5(12)9(17)14-2-4/h1-3H,(H,13,16)(H,14,17). The molecule has 0 unspecified atom stereocenters. The molecule has 2 heterocycles. The van der Waals surface area contributed by atoms with Crippen molar-refractivity contribution in [3.05, 3.63) is 43.0 Å². The Morgan fingerprint density at radius 3 is 2.65 bits per heavy atom. The molecule has 106 valence electrons. The first-order valence-corrected chi connectivity index (χ1v) is 8.33. The van der Waals surface area contributed by atoms with Crippen LogP contribution in [0.1, 0.15) is 0 Å². The van der Waals surface area contributed by atoms with E-state index in [0.29, 0.717) is 4.60 Å². The molecule has 0 atom stereocenters. The molecule has 0 radical (unpaired) electrons. The number of halogens is 3. The molecule has 0 saturated carbocycles. The normalized spacial score (nSPS) is 11.3. The van der Waals surface area contributed by atoms with E-state index >= 15 is 0 Å². The molecule has 2 N–H and O–H groups in total. The number of nitrogens with one attached hydrogen (secondary N) is 2. The van der Waals surface area contributed by atoms with Crippen molar-refractivity contribution in [2.75, 3.05) is 4.72 Å². The molecule has 20 heavy (non-hydrogen) atoms. The number of nitrogens with zero attached hydrogens (tertiary/aromatic N) is 2. The molecule has 0 bridgehead atoms. The lowest BCUT2D eigenvalue weighted by atomic mass is 10.5. The zero-order valence-electron chi connectivity index (χ0n) is 9.39. The summed E-state index contributed by atoms with van der Waals surface area (Å²) in [5.41, 5.74) is -0.574. The van der Waals surface area contributed by atoms with Crippen LogP contribution >= 0.6 is 43.5 Å². The lowest BCUT2D eigenvalue weighted by molar-refractivity contribution is 0.600. The van der Waals surface area contributed by atoms with Gasteiger partial charge in [-0.25, -0.2) is 18.4 Å². The second-order valence-corrected chi connectivity index (χ2v) is 7.10. The maximum Gasteiger partial charge on any atom is 0.266 e. The van der Waals surface area contributed by atoms with Gasteiger partial charge in [0, 0.05) is 6.20 Å². The summed E-state index contributed by atoms with van der Waals surface area (Å²) in [5.74, 6) is 0.00974. The molecular formula is C9H5Br2ClN4O3S. The monoisotopic (exact) mass is 442 g/mol. The Hall–Kier alpha value is -0.970. The number of aromatic nitrogens is 3. The van der Waals surface area contributed by atoms with Gasteiger partial charge >= 0.3 is 0 Å². The van der Waals surface area contributed by atoms with Crippen molar-refractivity contribution in [1.82, 2.24) is 15.0 Å². The highest BCUT2D eigenvalue weighted by Crippen LogP contribution is 2.22. The molecule has 0 amide bonds. The Morgan fingerprint density at radius 1 is 1.35 bits per heavy atom. The summed E-state index contributed by atoms with van der Waals surface area (Å²) >= 11 is 11.8. The molecule has 7 nitrogen and oxygen atoms in total. The number of sulfonamides is 1. The van der Waals surface area contributed by atoms with Crippen molar-refractivity contribution in [2.45, 2.75) is 4.90 Å². The third kappa shape index (κ3) is 3.37. The summed E-state index contributed by atoms with van der Waals surface area (Å²) in [6.45, 7) is 0. The van der Waals surface area contributed by atoms with E-state index in [2.05, 4.69) is 51.5 Å². The van der Waals surface area contributed by atoms with Crippen molar-refractivity contribution in [3.8, 4) is 0 Å². The Balaban J connectivity index is 2.40. The minimum absolute atomic E-state index is 0.00974. The fraction of sp³-hybridized carbons (Fsp3) is 0. The minimum Gasteiger partial charge on any atom is -0.326 e. The van der Waals surface area contributed by atoms with Crippen LogP contribution in [0.4, 0.5) is 5.82 Å². The third-order valence-electron chi connectivity index (χ3n) is 2.07. The minimum atomic E-state index is -3.94. The molecule has 2 aromatic rings. The number of hydrogen-bond donors (Lipinski definition) is 2. The Morgan fingerprint density at radius 2 is 2.05 bits per heavy atom. The highest BCUT2D eigenvalue weighted by atomic mass is 79.9. The van der Waals surface area contributed by atoms with Gasteiger partial charge in [-0.05, 0) is 37.9 Å². The van der Waals surface area contributed by atoms with E-state index < -0.39 is 15.6 Å². The first-order valence-electron chi connectivity index (χ1n) is 4.89. The molecule has 0 aromatic carbocycles. The van der Waals surface area contributed by atoms with Crippen molar-refractivity contribution in [3.63, 3.8) is 0 Å². The lowest BCUT2D eigenvalue weighted by Crippen LogP contribution is -2.17. The number of H-pyrrole nitrogens is 1. The largest absolute Gasteiger partial charge is 0.326 e. The molecule has 0 spiro atoms. The molecule has 2 rings (SSSR count). The summed E-state index contributed by atoms with van der Waals surface area (Å²) in [5, 5.41) is -0.228. The zero-order chi connectivity index (χ0) is 14.9. The number of pyridine rings is 1. The third-order valence-corrected chi connectivity index (χ3v) is 4.61. The van der Waals surface area contributed by atoms with Gasteiger partial charge < -0.3 is 4.98 Å². The van der Waals surface area contributed by atoms with Gasteiger partial charge in [0.25, 0.3) is 15.6 Å². The van der Waals surface area contributed by atoms with E-state index in [1.54, 1.807) is 0 Å². The Kier molecular flexibility index (Phi) is 4.47. The first-order chi connectivity index (χ1) is 9.29. The van der Waals surface area contributed by atoms with Crippen LogP contribution in [-0.4, -0.2) is 23.4 Å². The van der Waals surface area contributed by atoms with E-state index in [1.165, 1.54) is 6.20 Å². The first kappa shape index (κ1) is 15.4. The quantitative estimate of drug-likeness (QED) is 0.755. The summed E-state index contributed by atoms with van der Waals surface area (Å²) in [6, 6.07) is 1.04. The predicted octanol–water partition coefficient (Wildman–Crippen LogP) is 2.14. The van der Waals surface area contributed by atoms with Crippen LogP contribution in [0, 0.1) is 0 Å². The topological polar surface area (TPSA) is 105 Å². The molecule has 0 aliphatic rings. The van der Waals surface area contributed by atoms with Gasteiger partial charge in [-0.1, -0.05) is 11.6 Å². The van der Waals surface area contributed by atoms with Crippen LogP contribution in [0.2, 0.25) is 5.02 Å². The van der Waals surface area contributed by atoms with Gasteiger partial charge in [-0.2, -0.15) is 0 Å². The molecule has 0 aliphatic carbocycles. The highest BCUT2D eigenvalue weighted by molar-refractivity contribution is 9.11. The van der Waals surface area contributed by atoms with Crippen molar-refractivity contribution in [1.29, 1.82) is 0 Å². The van der Waals surface area contributed by atoms with E-state index in [1.807, 2.05) is 0 Å². The molecular weight excluding hydrogens is 439 g/mol. The second kappa shape index (κ2) is 5.80. The van der Waals surface area contributed by atoms with Crippen molar-refractivity contribution in [2.24, 2.45) is 0 Å². The maximum atomic E-state index is 12.1. The Bertz CT molecular complexity index is 824. The van der Waals surface area contributed by atoms with Gasteiger partial charge in [0.1, 0.15) is 14.5 Å². The van der Waals surface area contributed by atoms with Gasteiger partial charge in [-0.15, -0.1) is 0 Å². The van der Waals surface area contributed by atoms with Crippen LogP contribution in [0.25, 0.3) is 0 Å². The molecule has 2 aromatic heterocycles. The fourth-order valence-corrected chi connectivity index (χ4v) is 3.48. The number of anilines is 1. The molecule has 11 heteroatoms. The van der Waals surface area contributed by atoms with Gasteiger partial charge in [-0.3, -0.25) is 9.52 Å². The highest BCUT2D eigenvalue weighted by Gasteiger charge is 2.18. The molecule has 0 saturated heterocycles. The Labute approximate surface area is 135 Å². The van der Waals surface area contributed by atoms with Crippen LogP contribution in [0.5, 0.6) is 0 Å². The summed E-state index contributed by atoms with van der Waals surface area (Å²) < 4.78 is 27.1. The van der Waals surface area contributed by atoms with Crippen LogP contribution in [-0.2, 0) is 10.0 Å². The average Bonchev–Trinajstić information content (AvgIpc) is 2.36. The SMILES string of the molecule is O=c1[nH]cc(S(=O)(=O)Nc2ncc(Br)nc2Br)cc1Cl. The van der Waals surface area contributed by atoms with E-state index in [0.717, 1.165) is 12.3 Å².